The highest BCUT2D eigenvalue weighted by Crippen LogP contribution is 2.40. The molecule has 9 heteroatoms. The molecule has 0 aliphatic rings. The lowest BCUT2D eigenvalue weighted by Gasteiger charge is -2.10. The minimum absolute atomic E-state index is 0.0890. The molecule has 0 unspecified atom stereocenters. The van der Waals surface area contributed by atoms with Gasteiger partial charge in [-0.2, -0.15) is 13.2 Å². The molecule has 1 aromatic rings. The molecule has 98 valence electrons. The smallest absolute Gasteiger partial charge is 0.293 e. The van der Waals surface area contributed by atoms with E-state index in [2.05, 4.69) is 15.9 Å². The van der Waals surface area contributed by atoms with E-state index >= 15 is 0 Å². The number of hydrogen-bond acceptors (Lipinski definition) is 3. The molecule has 0 N–H and O–H groups in total. The standard InChI is InChI=1S/C9H4BrClF3NO3/c10-4-1-5(7(16)3-11)8(15(17)18)6(2-4)9(12,13)14/h1-2H,3H2. The van der Waals surface area contributed by atoms with Gasteiger partial charge in [-0.25, -0.2) is 0 Å². The third-order valence-electron chi connectivity index (χ3n) is 1.98. The Bertz CT molecular complexity index is 519. The van der Waals surface area contributed by atoms with Gasteiger partial charge in [0.15, 0.2) is 5.78 Å². The van der Waals surface area contributed by atoms with Crippen LogP contribution in [-0.4, -0.2) is 16.6 Å². The summed E-state index contributed by atoms with van der Waals surface area (Å²) in [6, 6.07) is 1.49. The Morgan fingerprint density at radius 2 is 2.00 bits per heavy atom. The van der Waals surface area contributed by atoms with Crippen LogP contribution in [0.3, 0.4) is 0 Å². The highest BCUT2D eigenvalue weighted by molar-refractivity contribution is 9.10. The molecule has 18 heavy (non-hydrogen) atoms. The van der Waals surface area contributed by atoms with Gasteiger partial charge in [-0.1, -0.05) is 15.9 Å². The molecular formula is C9H4BrClF3NO3. The van der Waals surface area contributed by atoms with Crippen LogP contribution in [0.15, 0.2) is 16.6 Å². The summed E-state index contributed by atoms with van der Waals surface area (Å²) in [5, 5.41) is 10.7. The minimum atomic E-state index is -4.94. The first kappa shape index (κ1) is 14.9. The zero-order chi connectivity index (χ0) is 14.1. The summed E-state index contributed by atoms with van der Waals surface area (Å²) in [6.07, 6.45) is -4.94. The zero-order valence-corrected chi connectivity index (χ0v) is 10.8. The summed E-state index contributed by atoms with van der Waals surface area (Å²) in [5.41, 5.74) is -3.44. The van der Waals surface area contributed by atoms with Crippen molar-refractivity contribution in [2.24, 2.45) is 0 Å². The van der Waals surface area contributed by atoms with E-state index in [9.17, 15) is 28.1 Å². The third kappa shape index (κ3) is 2.99. The summed E-state index contributed by atoms with van der Waals surface area (Å²) >= 11 is 7.98. The topological polar surface area (TPSA) is 60.2 Å². The van der Waals surface area contributed by atoms with Crippen molar-refractivity contribution in [3.8, 4) is 0 Å². The predicted octanol–water partition coefficient (Wildman–Crippen LogP) is 3.80. The molecule has 0 heterocycles. The highest BCUT2D eigenvalue weighted by Gasteiger charge is 2.41. The van der Waals surface area contributed by atoms with E-state index in [1.54, 1.807) is 0 Å². The lowest BCUT2D eigenvalue weighted by atomic mass is 10.0. The van der Waals surface area contributed by atoms with Crippen molar-refractivity contribution >= 4 is 39.0 Å². The molecule has 0 aromatic heterocycles. The van der Waals surface area contributed by atoms with Crippen LogP contribution in [0, 0.1) is 10.1 Å². The average molecular weight is 346 g/mol. The molecule has 0 atom stereocenters. The molecule has 0 amide bonds. The van der Waals surface area contributed by atoms with Crippen LogP contribution >= 0.6 is 27.5 Å². The molecule has 0 aliphatic heterocycles. The van der Waals surface area contributed by atoms with Crippen molar-refractivity contribution in [1.29, 1.82) is 0 Å². The fourth-order valence-corrected chi connectivity index (χ4v) is 1.90. The average Bonchev–Trinajstić information content (AvgIpc) is 2.25. The maximum absolute atomic E-state index is 12.7. The van der Waals surface area contributed by atoms with Crippen LogP contribution in [0.4, 0.5) is 18.9 Å². The first-order chi connectivity index (χ1) is 8.18. The van der Waals surface area contributed by atoms with E-state index in [1.807, 2.05) is 0 Å². The van der Waals surface area contributed by atoms with E-state index in [4.69, 9.17) is 11.6 Å². The number of halogens is 5. The Balaban J connectivity index is 3.67. The van der Waals surface area contributed by atoms with Gasteiger partial charge in [0.2, 0.25) is 0 Å². The Morgan fingerprint density at radius 1 is 1.44 bits per heavy atom. The lowest BCUT2D eigenvalue weighted by Crippen LogP contribution is -2.14. The third-order valence-corrected chi connectivity index (χ3v) is 2.69. The van der Waals surface area contributed by atoms with Crippen molar-refractivity contribution in [3.05, 3.63) is 37.8 Å². The summed E-state index contributed by atoms with van der Waals surface area (Å²) in [5.74, 6) is -1.59. The van der Waals surface area contributed by atoms with Crippen LogP contribution < -0.4 is 0 Å². The number of alkyl halides is 4. The van der Waals surface area contributed by atoms with Crippen LogP contribution in [0.5, 0.6) is 0 Å². The van der Waals surface area contributed by atoms with E-state index < -0.39 is 39.6 Å². The summed E-state index contributed by atoms with van der Waals surface area (Å²) in [6.45, 7) is 0. The van der Waals surface area contributed by atoms with Crippen LogP contribution in [0.2, 0.25) is 0 Å². The highest BCUT2D eigenvalue weighted by atomic mass is 79.9. The van der Waals surface area contributed by atoms with Gasteiger partial charge in [-0.05, 0) is 12.1 Å². The fraction of sp³-hybridized carbons (Fsp3) is 0.222. The number of carbonyl (C=O) groups excluding carboxylic acids is 1. The SMILES string of the molecule is O=C(CCl)c1cc(Br)cc(C(F)(F)F)c1[N+](=O)[O-]. The van der Waals surface area contributed by atoms with E-state index in [-0.39, 0.29) is 4.47 Å². The van der Waals surface area contributed by atoms with E-state index in [0.29, 0.717) is 6.07 Å². The molecular weight excluding hydrogens is 342 g/mol. The van der Waals surface area contributed by atoms with Crippen LogP contribution in [-0.2, 0) is 6.18 Å². The van der Waals surface area contributed by atoms with E-state index in [1.165, 1.54) is 0 Å². The molecule has 0 fully saturated rings. The molecule has 0 saturated heterocycles. The van der Waals surface area contributed by atoms with Crippen molar-refractivity contribution in [1.82, 2.24) is 0 Å². The Hall–Kier alpha value is -1.15. The van der Waals surface area contributed by atoms with Gasteiger partial charge >= 0.3 is 6.18 Å². The molecule has 0 bridgehead atoms. The molecule has 0 spiro atoms. The van der Waals surface area contributed by atoms with Gasteiger partial charge in [0.05, 0.1) is 16.4 Å². The molecule has 1 aromatic carbocycles. The Kier molecular flexibility index (Phi) is 4.33. The second kappa shape index (κ2) is 5.23. The zero-order valence-electron chi connectivity index (χ0n) is 8.42. The maximum Gasteiger partial charge on any atom is 0.423 e. The number of ketones is 1. The number of nitrogens with zero attached hydrogens (tertiary/aromatic N) is 1. The summed E-state index contributed by atoms with van der Waals surface area (Å²) in [4.78, 5) is 20.8. The van der Waals surface area contributed by atoms with Gasteiger partial charge in [-0.15, -0.1) is 11.6 Å². The van der Waals surface area contributed by atoms with Gasteiger partial charge in [-0.3, -0.25) is 14.9 Å². The number of Topliss-reactive ketones (excluding diaryl/α,β-unsaturated/α-hetero) is 1. The normalized spacial score (nSPS) is 11.4. The van der Waals surface area contributed by atoms with Gasteiger partial charge in [0.25, 0.3) is 5.69 Å². The van der Waals surface area contributed by atoms with Gasteiger partial charge < -0.3 is 0 Å². The maximum atomic E-state index is 12.7. The summed E-state index contributed by atoms with van der Waals surface area (Å²) in [7, 11) is 0. The van der Waals surface area contributed by atoms with E-state index in [0.717, 1.165) is 6.07 Å². The fourth-order valence-electron chi connectivity index (χ4n) is 1.30. The van der Waals surface area contributed by atoms with Crippen molar-refractivity contribution < 1.29 is 22.9 Å². The first-order valence-electron chi connectivity index (χ1n) is 4.32. The van der Waals surface area contributed by atoms with Crippen LogP contribution in [0.1, 0.15) is 15.9 Å². The first-order valence-corrected chi connectivity index (χ1v) is 5.65. The van der Waals surface area contributed by atoms with Crippen molar-refractivity contribution in [2.75, 3.05) is 5.88 Å². The molecule has 0 saturated carbocycles. The number of carbonyl (C=O) groups is 1. The Morgan fingerprint density at radius 3 is 2.39 bits per heavy atom. The number of nitro groups is 1. The molecule has 1 rings (SSSR count). The largest absolute Gasteiger partial charge is 0.423 e. The number of nitro benzene ring substituents is 1. The quantitative estimate of drug-likeness (QED) is 0.362. The van der Waals surface area contributed by atoms with Gasteiger partial charge in [0, 0.05) is 4.47 Å². The molecule has 4 nitrogen and oxygen atoms in total. The lowest BCUT2D eigenvalue weighted by molar-refractivity contribution is -0.388. The number of hydrogen-bond donors (Lipinski definition) is 0. The molecule has 0 radical (unpaired) electrons. The van der Waals surface area contributed by atoms with Crippen molar-refractivity contribution in [3.63, 3.8) is 0 Å². The Labute approximate surface area is 112 Å². The van der Waals surface area contributed by atoms with Crippen LogP contribution in [0.25, 0.3) is 0 Å². The van der Waals surface area contributed by atoms with Gasteiger partial charge in [0.1, 0.15) is 5.56 Å². The monoisotopic (exact) mass is 345 g/mol. The second-order valence-electron chi connectivity index (χ2n) is 3.16. The number of rotatable bonds is 3. The number of benzene rings is 1. The molecule has 0 aliphatic carbocycles. The minimum Gasteiger partial charge on any atom is -0.293 e. The second-order valence-corrected chi connectivity index (χ2v) is 4.34. The summed E-state index contributed by atoms with van der Waals surface area (Å²) < 4.78 is 37.9. The van der Waals surface area contributed by atoms with Crippen molar-refractivity contribution in [2.45, 2.75) is 6.18 Å². The predicted molar refractivity (Wildman–Crippen MR) is 60.8 cm³/mol.